The largest absolute Gasteiger partial charge is 0.476 e. The minimum absolute atomic E-state index is 0.0804. The molecule has 3 aliphatic carbocycles. The number of hydrogen-bond acceptors (Lipinski definition) is 5. The molecule has 1 spiro atoms. The number of amides is 2. The van der Waals surface area contributed by atoms with Crippen LogP contribution in [0.5, 0.6) is 5.88 Å². The molecule has 8 nitrogen and oxygen atoms in total. The lowest BCUT2D eigenvalue weighted by atomic mass is 9.69. The molecule has 1 aliphatic heterocycles. The van der Waals surface area contributed by atoms with Gasteiger partial charge in [0.2, 0.25) is 5.88 Å². The van der Waals surface area contributed by atoms with Gasteiger partial charge in [-0.1, -0.05) is 6.42 Å². The van der Waals surface area contributed by atoms with E-state index in [-0.39, 0.29) is 16.2 Å². The van der Waals surface area contributed by atoms with Gasteiger partial charge in [0.05, 0.1) is 19.3 Å². The molecule has 1 aromatic carbocycles. The highest BCUT2D eigenvalue weighted by molar-refractivity contribution is 7.90. The first kappa shape index (κ1) is 20.1. The zero-order chi connectivity index (χ0) is 22.1. The molecule has 6 rings (SSSR count). The third-order valence-corrected chi connectivity index (χ3v) is 9.19. The molecule has 2 heterocycles. The molecule has 2 amide bonds. The summed E-state index contributed by atoms with van der Waals surface area (Å²) in [6, 6.07) is -0.733. The van der Waals surface area contributed by atoms with Crippen molar-refractivity contribution in [3.63, 3.8) is 0 Å². The second kappa shape index (κ2) is 6.97. The molecule has 2 aromatic rings. The van der Waals surface area contributed by atoms with E-state index in [0.717, 1.165) is 57.1 Å². The molecular weight excluding hydrogens is 428 g/mol. The number of ether oxygens (including phenoxy) is 1. The summed E-state index contributed by atoms with van der Waals surface area (Å²) in [6.07, 6.45) is 10.6. The van der Waals surface area contributed by atoms with Gasteiger partial charge in [0, 0.05) is 11.1 Å². The van der Waals surface area contributed by atoms with Gasteiger partial charge >= 0.3 is 6.03 Å². The van der Waals surface area contributed by atoms with Crippen molar-refractivity contribution in [1.82, 2.24) is 14.5 Å². The average molecular weight is 457 g/mol. The number of nitrogens with one attached hydrogen (secondary N) is 2. The topological polar surface area (TPSA) is 102 Å². The zero-order valence-electron chi connectivity index (χ0n) is 18.3. The van der Waals surface area contributed by atoms with E-state index in [1.54, 1.807) is 4.68 Å². The van der Waals surface area contributed by atoms with Crippen LogP contribution in [0.3, 0.4) is 0 Å². The molecular formula is C23H28N4O4S. The van der Waals surface area contributed by atoms with Crippen LogP contribution in [0.4, 0.5) is 10.5 Å². The predicted octanol–water partition coefficient (Wildman–Crippen LogP) is 3.24. The van der Waals surface area contributed by atoms with Crippen molar-refractivity contribution < 1.29 is 17.9 Å². The second-order valence-corrected chi connectivity index (χ2v) is 11.4. The Bertz CT molecular complexity index is 1210. The summed E-state index contributed by atoms with van der Waals surface area (Å²) in [7, 11) is -4.11. The van der Waals surface area contributed by atoms with Gasteiger partial charge in [0.15, 0.2) is 4.90 Å². The lowest BCUT2D eigenvalue weighted by Crippen LogP contribution is -2.43. The molecule has 0 unspecified atom stereocenters. The highest BCUT2D eigenvalue weighted by Gasteiger charge is 2.43. The Morgan fingerprint density at radius 2 is 1.72 bits per heavy atom. The van der Waals surface area contributed by atoms with Crippen LogP contribution in [-0.4, -0.2) is 30.8 Å². The van der Waals surface area contributed by atoms with Crippen LogP contribution < -0.4 is 14.8 Å². The Morgan fingerprint density at radius 1 is 1.06 bits per heavy atom. The Morgan fingerprint density at radius 3 is 2.34 bits per heavy atom. The highest BCUT2D eigenvalue weighted by atomic mass is 32.2. The summed E-state index contributed by atoms with van der Waals surface area (Å²) in [5.74, 6) is 0.222. The van der Waals surface area contributed by atoms with Gasteiger partial charge in [0.1, 0.15) is 0 Å². The summed E-state index contributed by atoms with van der Waals surface area (Å²) < 4.78 is 35.7. The number of urea groups is 1. The van der Waals surface area contributed by atoms with Crippen LogP contribution in [0.1, 0.15) is 59.9 Å². The maximum absolute atomic E-state index is 13.0. The number of sulfonamides is 1. The monoisotopic (exact) mass is 456 g/mol. The molecule has 1 aromatic heterocycles. The third kappa shape index (κ3) is 2.97. The molecule has 4 aliphatic rings. The first-order chi connectivity index (χ1) is 15.4. The quantitative estimate of drug-likeness (QED) is 0.738. The Labute approximate surface area is 187 Å². The van der Waals surface area contributed by atoms with Crippen molar-refractivity contribution in [2.24, 2.45) is 5.41 Å². The van der Waals surface area contributed by atoms with E-state index in [1.807, 2.05) is 0 Å². The van der Waals surface area contributed by atoms with Crippen molar-refractivity contribution in [3.8, 4) is 5.88 Å². The fourth-order valence-corrected chi connectivity index (χ4v) is 7.05. The smallest absolute Gasteiger partial charge is 0.333 e. The maximum atomic E-state index is 13.0. The minimum Gasteiger partial charge on any atom is -0.476 e. The first-order valence-electron chi connectivity index (χ1n) is 11.6. The van der Waals surface area contributed by atoms with E-state index in [1.165, 1.54) is 40.4 Å². The van der Waals surface area contributed by atoms with Crippen molar-refractivity contribution in [2.45, 2.75) is 76.2 Å². The van der Waals surface area contributed by atoms with Gasteiger partial charge in [-0.3, -0.25) is 0 Å². The molecule has 0 radical (unpaired) electrons. The van der Waals surface area contributed by atoms with Crippen molar-refractivity contribution in [1.29, 1.82) is 0 Å². The van der Waals surface area contributed by atoms with Crippen LogP contribution in [0.25, 0.3) is 0 Å². The van der Waals surface area contributed by atoms with E-state index in [4.69, 9.17) is 4.74 Å². The lowest BCUT2D eigenvalue weighted by molar-refractivity contribution is 0.0000874. The molecule has 9 heteroatoms. The average Bonchev–Trinajstić information content (AvgIpc) is 3.48. The zero-order valence-corrected chi connectivity index (χ0v) is 19.1. The normalized spacial score (nSPS) is 20.2. The van der Waals surface area contributed by atoms with E-state index in [0.29, 0.717) is 13.2 Å². The number of carbonyl (C=O) groups excluding carboxylic acids is 1. The summed E-state index contributed by atoms with van der Waals surface area (Å²) >= 11 is 0. The Kier molecular flexibility index (Phi) is 4.38. The van der Waals surface area contributed by atoms with E-state index < -0.39 is 16.1 Å². The van der Waals surface area contributed by atoms with Gasteiger partial charge in [-0.05, 0) is 86.1 Å². The summed E-state index contributed by atoms with van der Waals surface area (Å²) in [6.45, 7) is 3.33. The molecule has 32 heavy (non-hydrogen) atoms. The van der Waals surface area contributed by atoms with E-state index >= 15 is 0 Å². The minimum atomic E-state index is -4.11. The summed E-state index contributed by atoms with van der Waals surface area (Å²) in [5.41, 5.74) is 7.26. The van der Waals surface area contributed by atoms with Gasteiger partial charge in [-0.2, -0.15) is 5.10 Å². The number of fused-ring (bicyclic) bond motifs is 3. The van der Waals surface area contributed by atoms with Gasteiger partial charge in [0.25, 0.3) is 10.0 Å². The van der Waals surface area contributed by atoms with Crippen LogP contribution in [-0.2, 0) is 42.3 Å². The maximum Gasteiger partial charge on any atom is 0.333 e. The van der Waals surface area contributed by atoms with Crippen molar-refractivity contribution in [2.75, 3.05) is 11.9 Å². The predicted molar refractivity (Wildman–Crippen MR) is 119 cm³/mol. The summed E-state index contributed by atoms with van der Waals surface area (Å²) in [5, 5.41) is 7.14. The number of anilines is 1. The number of rotatable bonds is 3. The van der Waals surface area contributed by atoms with E-state index in [9.17, 15) is 13.2 Å². The molecule has 2 N–H and O–H groups in total. The van der Waals surface area contributed by atoms with Crippen LogP contribution in [0.2, 0.25) is 0 Å². The molecule has 0 bridgehead atoms. The molecule has 170 valence electrons. The van der Waals surface area contributed by atoms with Gasteiger partial charge in [-0.15, -0.1) is 0 Å². The van der Waals surface area contributed by atoms with E-state index in [2.05, 4.69) is 22.1 Å². The standard InChI is InChI=1S/C23H28N4O4S/c1-14-15-5-2-7-17(15)20(18-8-3-6-16(14)18)25-22(28)26-32(29,30)19-11-24-27-12-23(9-4-10-23)13-31-21(19)27/h11H,2-10,12-13H2,1H3,(H2,25,26,28). The highest BCUT2D eigenvalue weighted by Crippen LogP contribution is 2.46. The Hall–Kier alpha value is -2.55. The Balaban J connectivity index is 1.25. The fraction of sp³-hybridized carbons (Fsp3) is 0.565. The SMILES string of the molecule is Cc1c2c(c(NC(=O)NS(=O)(=O)c3cnn4c3OCC3(CCC3)C4)c3c1CCC3)CCC2. The lowest BCUT2D eigenvalue weighted by Gasteiger charge is -2.44. The number of nitrogens with zero attached hydrogens (tertiary/aromatic N) is 2. The number of aromatic nitrogens is 2. The van der Waals surface area contributed by atoms with Crippen molar-refractivity contribution in [3.05, 3.63) is 34.0 Å². The molecule has 0 saturated heterocycles. The molecule has 0 atom stereocenters. The second-order valence-electron chi connectivity index (χ2n) is 9.79. The number of hydrogen-bond donors (Lipinski definition) is 2. The first-order valence-corrected chi connectivity index (χ1v) is 13.0. The van der Waals surface area contributed by atoms with Crippen LogP contribution in [0, 0.1) is 12.3 Å². The molecule has 1 fully saturated rings. The number of benzene rings is 1. The van der Waals surface area contributed by atoms with Gasteiger partial charge in [-0.25, -0.2) is 22.6 Å². The van der Waals surface area contributed by atoms with Crippen molar-refractivity contribution >= 4 is 21.7 Å². The van der Waals surface area contributed by atoms with Gasteiger partial charge < -0.3 is 10.1 Å². The number of carbonyl (C=O) groups is 1. The van der Waals surface area contributed by atoms with Crippen LogP contribution in [0.15, 0.2) is 11.1 Å². The third-order valence-electron chi connectivity index (χ3n) is 7.87. The van der Waals surface area contributed by atoms with Crippen LogP contribution >= 0.6 is 0 Å². The fourth-order valence-electron chi connectivity index (χ4n) is 6.06. The summed E-state index contributed by atoms with van der Waals surface area (Å²) in [4.78, 5) is 12.8. The molecule has 1 saturated carbocycles.